The maximum Gasteiger partial charge on any atom is 0.289 e. The molecule has 0 spiro atoms. The molecule has 5 nitrogen and oxygen atoms in total. The fourth-order valence-corrected chi connectivity index (χ4v) is 2.33. The number of halogens is 1. The topological polar surface area (TPSA) is 66.9 Å². The molecule has 2 aromatic carbocycles. The van der Waals surface area contributed by atoms with Gasteiger partial charge in [-0.3, -0.25) is 4.79 Å². The number of para-hydroxylation sites is 1. The Hall–Kier alpha value is -3.02. The van der Waals surface area contributed by atoms with Crippen molar-refractivity contribution in [3.05, 3.63) is 60.2 Å². The van der Waals surface area contributed by atoms with Gasteiger partial charge in [-0.05, 0) is 49.7 Å². The summed E-state index contributed by atoms with van der Waals surface area (Å²) in [5, 5.41) is 6.79. The number of anilines is 2. The van der Waals surface area contributed by atoms with Gasteiger partial charge in [-0.15, -0.1) is 0 Å². The van der Waals surface area contributed by atoms with Gasteiger partial charge in [0.05, 0.1) is 5.52 Å². The predicted octanol–water partition coefficient (Wildman–Crippen LogP) is 4.04. The van der Waals surface area contributed by atoms with Crippen molar-refractivity contribution in [2.75, 3.05) is 5.32 Å². The summed E-state index contributed by atoms with van der Waals surface area (Å²) in [5.41, 5.74) is 1.34. The number of amides is 1. The number of rotatable bonds is 5. The summed E-state index contributed by atoms with van der Waals surface area (Å²) < 4.78 is 13.1. The molecule has 1 amide bonds. The molecular weight excluding hydrogens is 319 g/mol. The Bertz CT molecular complexity index is 896. The maximum absolute atomic E-state index is 13.1. The molecular formula is C19H19FN4O. The van der Waals surface area contributed by atoms with Crippen LogP contribution in [0.5, 0.6) is 0 Å². The summed E-state index contributed by atoms with van der Waals surface area (Å²) in [6, 6.07) is 13.4. The zero-order valence-corrected chi connectivity index (χ0v) is 14.1. The third-order valence-electron chi connectivity index (χ3n) is 3.90. The summed E-state index contributed by atoms with van der Waals surface area (Å²) in [7, 11) is 0. The summed E-state index contributed by atoms with van der Waals surface area (Å²) in [5.74, 6) is -0.0240. The maximum atomic E-state index is 13.1. The second-order valence-electron chi connectivity index (χ2n) is 5.83. The average molecular weight is 338 g/mol. The van der Waals surface area contributed by atoms with Crippen LogP contribution in [0.25, 0.3) is 10.9 Å². The molecule has 1 heterocycles. The summed E-state index contributed by atoms with van der Waals surface area (Å²) in [6.07, 6.45) is 0.819. The largest absolute Gasteiger partial charge is 0.347 e. The fraction of sp³-hybridized carbons (Fsp3) is 0.211. The van der Waals surface area contributed by atoms with Gasteiger partial charge in [0, 0.05) is 17.1 Å². The first kappa shape index (κ1) is 16.8. The number of carbonyl (C=O) groups excluding carboxylic acids is 1. The highest BCUT2D eigenvalue weighted by atomic mass is 19.1. The molecule has 0 aliphatic rings. The van der Waals surface area contributed by atoms with E-state index in [1.807, 2.05) is 38.1 Å². The number of hydrogen-bond donors (Lipinski definition) is 2. The minimum Gasteiger partial charge on any atom is -0.347 e. The lowest BCUT2D eigenvalue weighted by Gasteiger charge is -2.13. The first-order chi connectivity index (χ1) is 12.1. The van der Waals surface area contributed by atoms with Crippen molar-refractivity contribution in [2.24, 2.45) is 0 Å². The quantitative estimate of drug-likeness (QED) is 0.737. The molecule has 0 fully saturated rings. The monoisotopic (exact) mass is 338 g/mol. The van der Waals surface area contributed by atoms with Gasteiger partial charge in [-0.25, -0.2) is 14.4 Å². The molecule has 2 N–H and O–H groups in total. The third-order valence-corrected chi connectivity index (χ3v) is 3.90. The Morgan fingerprint density at radius 1 is 1.12 bits per heavy atom. The van der Waals surface area contributed by atoms with Gasteiger partial charge in [0.1, 0.15) is 11.6 Å². The molecule has 3 aromatic rings. The van der Waals surface area contributed by atoms with Crippen LogP contribution in [0.3, 0.4) is 0 Å². The van der Waals surface area contributed by atoms with Crippen LogP contribution in [0.2, 0.25) is 0 Å². The molecule has 0 saturated carbocycles. The van der Waals surface area contributed by atoms with E-state index in [9.17, 15) is 9.18 Å². The van der Waals surface area contributed by atoms with Gasteiger partial charge in [-0.1, -0.05) is 19.1 Å². The van der Waals surface area contributed by atoms with Gasteiger partial charge in [0.2, 0.25) is 5.82 Å². The van der Waals surface area contributed by atoms with Crippen LogP contribution >= 0.6 is 0 Å². The minimum atomic E-state index is -0.317. The van der Waals surface area contributed by atoms with E-state index in [0.717, 1.165) is 11.8 Å². The standard InChI is InChI=1S/C19H19FN4O/c1-3-12(2)21-19(25)18-23-16-7-5-4-6-15(16)17(24-18)22-14-10-8-13(20)9-11-14/h4-12H,3H2,1-2H3,(H,21,25)(H,22,23,24)/t12-/m1/s1. The van der Waals surface area contributed by atoms with Gasteiger partial charge >= 0.3 is 0 Å². The first-order valence-corrected chi connectivity index (χ1v) is 8.17. The zero-order chi connectivity index (χ0) is 17.8. The van der Waals surface area contributed by atoms with Crippen molar-refractivity contribution < 1.29 is 9.18 Å². The third kappa shape index (κ3) is 3.91. The second-order valence-corrected chi connectivity index (χ2v) is 5.83. The van der Waals surface area contributed by atoms with Crippen LogP contribution in [0, 0.1) is 5.82 Å². The van der Waals surface area contributed by atoms with Crippen LogP contribution in [0.4, 0.5) is 15.9 Å². The van der Waals surface area contributed by atoms with E-state index >= 15 is 0 Å². The number of fused-ring (bicyclic) bond motifs is 1. The van der Waals surface area contributed by atoms with Gasteiger partial charge in [0.25, 0.3) is 5.91 Å². The molecule has 0 saturated heterocycles. The van der Waals surface area contributed by atoms with E-state index < -0.39 is 0 Å². The summed E-state index contributed by atoms with van der Waals surface area (Å²) >= 11 is 0. The van der Waals surface area contributed by atoms with Gasteiger partial charge < -0.3 is 10.6 Å². The highest BCUT2D eigenvalue weighted by Gasteiger charge is 2.15. The van der Waals surface area contributed by atoms with Crippen LogP contribution in [-0.4, -0.2) is 21.9 Å². The molecule has 128 valence electrons. The molecule has 1 atom stereocenters. The Labute approximate surface area is 145 Å². The van der Waals surface area contributed by atoms with Crippen molar-refractivity contribution in [3.63, 3.8) is 0 Å². The summed E-state index contributed by atoms with van der Waals surface area (Å²) in [4.78, 5) is 21.1. The van der Waals surface area contributed by atoms with E-state index in [1.165, 1.54) is 12.1 Å². The van der Waals surface area contributed by atoms with Gasteiger partial charge in [-0.2, -0.15) is 0 Å². The number of nitrogens with one attached hydrogen (secondary N) is 2. The van der Waals surface area contributed by atoms with E-state index in [4.69, 9.17) is 0 Å². The van der Waals surface area contributed by atoms with Crippen molar-refractivity contribution in [3.8, 4) is 0 Å². The Balaban J connectivity index is 2.00. The van der Waals surface area contributed by atoms with Crippen LogP contribution < -0.4 is 10.6 Å². The number of carbonyl (C=O) groups is 1. The van der Waals surface area contributed by atoms with Crippen molar-refractivity contribution in [1.29, 1.82) is 0 Å². The van der Waals surface area contributed by atoms with E-state index in [1.54, 1.807) is 12.1 Å². The molecule has 1 aromatic heterocycles. The zero-order valence-electron chi connectivity index (χ0n) is 14.1. The Morgan fingerprint density at radius 3 is 2.56 bits per heavy atom. The fourth-order valence-electron chi connectivity index (χ4n) is 2.33. The first-order valence-electron chi connectivity index (χ1n) is 8.17. The van der Waals surface area contributed by atoms with Gasteiger partial charge in [0.15, 0.2) is 0 Å². The lowest BCUT2D eigenvalue weighted by Crippen LogP contribution is -2.33. The summed E-state index contributed by atoms with van der Waals surface area (Å²) in [6.45, 7) is 3.92. The molecule has 0 unspecified atom stereocenters. The van der Waals surface area contributed by atoms with E-state index in [0.29, 0.717) is 17.0 Å². The number of hydrogen-bond acceptors (Lipinski definition) is 4. The van der Waals surface area contributed by atoms with Crippen molar-refractivity contribution in [2.45, 2.75) is 26.3 Å². The predicted molar refractivity (Wildman–Crippen MR) is 96.4 cm³/mol. The Kier molecular flexibility index (Phi) is 4.88. The number of aromatic nitrogens is 2. The highest BCUT2D eigenvalue weighted by molar-refractivity contribution is 5.97. The van der Waals surface area contributed by atoms with Crippen molar-refractivity contribution in [1.82, 2.24) is 15.3 Å². The van der Waals surface area contributed by atoms with E-state index in [-0.39, 0.29) is 23.6 Å². The molecule has 0 radical (unpaired) electrons. The molecule has 0 aliphatic heterocycles. The van der Waals surface area contributed by atoms with Crippen molar-refractivity contribution >= 4 is 28.3 Å². The molecule has 3 rings (SSSR count). The number of nitrogens with zero attached hydrogens (tertiary/aromatic N) is 2. The SMILES string of the molecule is CC[C@@H](C)NC(=O)c1nc(Nc2ccc(F)cc2)c2ccccc2n1. The number of benzene rings is 2. The normalized spacial score (nSPS) is 12.0. The van der Waals surface area contributed by atoms with Crippen LogP contribution in [0.15, 0.2) is 48.5 Å². The Morgan fingerprint density at radius 2 is 1.84 bits per heavy atom. The molecule has 0 bridgehead atoms. The second kappa shape index (κ2) is 7.25. The smallest absolute Gasteiger partial charge is 0.289 e. The molecule has 6 heteroatoms. The van der Waals surface area contributed by atoms with Crippen LogP contribution in [-0.2, 0) is 0 Å². The molecule has 25 heavy (non-hydrogen) atoms. The lowest BCUT2D eigenvalue weighted by atomic mass is 10.2. The highest BCUT2D eigenvalue weighted by Crippen LogP contribution is 2.24. The molecule has 0 aliphatic carbocycles. The minimum absolute atomic E-state index is 0.0380. The van der Waals surface area contributed by atoms with Crippen LogP contribution in [0.1, 0.15) is 30.9 Å². The average Bonchev–Trinajstić information content (AvgIpc) is 2.63. The lowest BCUT2D eigenvalue weighted by molar-refractivity contribution is 0.0929. The van der Waals surface area contributed by atoms with E-state index in [2.05, 4.69) is 20.6 Å².